The number of carbonyl (C=O) groups excluding carboxylic acids is 1. The van der Waals surface area contributed by atoms with Crippen LogP contribution >= 0.6 is 0 Å². The molecule has 4 nitrogen and oxygen atoms in total. The Morgan fingerprint density at radius 1 is 1.29 bits per heavy atom. The van der Waals surface area contributed by atoms with Crippen molar-refractivity contribution in [3.8, 4) is 0 Å². The summed E-state index contributed by atoms with van der Waals surface area (Å²) in [6.07, 6.45) is 6.05. The second-order valence-electron chi connectivity index (χ2n) is 4.13. The smallest absolute Gasteiger partial charge is 0.262 e. The molecular formula is C13H13N3O. The number of nitrogens with zero attached hydrogens (tertiary/aromatic N) is 2. The van der Waals surface area contributed by atoms with Crippen LogP contribution in [0.3, 0.4) is 0 Å². The first kappa shape index (κ1) is 10.2. The Hall–Kier alpha value is -1.94. The number of pyridine rings is 1. The minimum atomic E-state index is 0.0237. The van der Waals surface area contributed by atoms with Crippen LogP contribution in [-0.4, -0.2) is 22.0 Å². The van der Waals surface area contributed by atoms with E-state index in [1.807, 2.05) is 12.3 Å². The molecule has 1 aliphatic heterocycles. The molecule has 0 unspecified atom stereocenters. The summed E-state index contributed by atoms with van der Waals surface area (Å²) < 4.78 is 1.76. The Morgan fingerprint density at radius 3 is 2.94 bits per heavy atom. The van der Waals surface area contributed by atoms with E-state index < -0.39 is 0 Å². The van der Waals surface area contributed by atoms with Gasteiger partial charge in [0.25, 0.3) is 5.91 Å². The summed E-state index contributed by atoms with van der Waals surface area (Å²) in [6.45, 7) is 1.78. The quantitative estimate of drug-likeness (QED) is 0.796. The average molecular weight is 227 g/mol. The van der Waals surface area contributed by atoms with Crippen molar-refractivity contribution in [3.63, 3.8) is 0 Å². The molecule has 1 aliphatic rings. The Bertz CT molecular complexity index is 545. The minimum Gasteiger partial charge on any atom is -0.312 e. The zero-order valence-electron chi connectivity index (χ0n) is 9.39. The number of hydrogen-bond donors (Lipinski definition) is 1. The third-order valence-corrected chi connectivity index (χ3v) is 3.09. The molecule has 86 valence electrons. The normalized spacial score (nSPS) is 14.4. The van der Waals surface area contributed by atoms with Gasteiger partial charge in [0.15, 0.2) is 0 Å². The lowest BCUT2D eigenvalue weighted by Crippen LogP contribution is -2.26. The third kappa shape index (κ3) is 1.76. The monoisotopic (exact) mass is 227 g/mol. The van der Waals surface area contributed by atoms with E-state index in [4.69, 9.17) is 0 Å². The Labute approximate surface area is 99.3 Å². The average Bonchev–Trinajstić information content (AvgIpc) is 2.83. The summed E-state index contributed by atoms with van der Waals surface area (Å²) in [5.41, 5.74) is 3.03. The maximum Gasteiger partial charge on any atom is 0.262 e. The topological polar surface area (TPSA) is 46.9 Å². The van der Waals surface area contributed by atoms with Crippen LogP contribution in [0.4, 0.5) is 0 Å². The van der Waals surface area contributed by atoms with E-state index in [9.17, 15) is 4.79 Å². The highest BCUT2D eigenvalue weighted by atomic mass is 16.2. The predicted octanol–water partition coefficient (Wildman–Crippen LogP) is 1.22. The second-order valence-corrected chi connectivity index (χ2v) is 4.13. The standard InChI is InChI=1S/C13H13N3O/c17-13(10-1-5-14-6-2-10)16-8-4-11-9-15-7-3-12(11)16/h1-2,4-6,8,15H,3,7,9H2. The Kier molecular flexibility index (Phi) is 2.49. The van der Waals surface area contributed by atoms with Crippen molar-refractivity contribution in [2.24, 2.45) is 0 Å². The van der Waals surface area contributed by atoms with Crippen molar-refractivity contribution in [2.45, 2.75) is 13.0 Å². The van der Waals surface area contributed by atoms with Crippen LogP contribution in [0.15, 0.2) is 36.8 Å². The van der Waals surface area contributed by atoms with Crippen molar-refractivity contribution < 1.29 is 4.79 Å². The lowest BCUT2D eigenvalue weighted by molar-refractivity contribution is 0.0956. The van der Waals surface area contributed by atoms with Crippen molar-refractivity contribution in [1.82, 2.24) is 14.9 Å². The van der Waals surface area contributed by atoms with Crippen LogP contribution in [0.2, 0.25) is 0 Å². The predicted molar refractivity (Wildman–Crippen MR) is 63.8 cm³/mol. The van der Waals surface area contributed by atoms with E-state index in [2.05, 4.69) is 10.3 Å². The van der Waals surface area contributed by atoms with Gasteiger partial charge in [0.2, 0.25) is 0 Å². The lowest BCUT2D eigenvalue weighted by atomic mass is 10.1. The van der Waals surface area contributed by atoms with Crippen molar-refractivity contribution >= 4 is 5.91 Å². The van der Waals surface area contributed by atoms with Crippen LogP contribution in [-0.2, 0) is 13.0 Å². The van der Waals surface area contributed by atoms with Crippen LogP contribution in [0.1, 0.15) is 21.6 Å². The second kappa shape index (κ2) is 4.14. The highest BCUT2D eigenvalue weighted by Crippen LogP contribution is 2.16. The van der Waals surface area contributed by atoms with Crippen LogP contribution < -0.4 is 5.32 Å². The van der Waals surface area contributed by atoms with Gasteiger partial charge in [0, 0.05) is 49.4 Å². The maximum atomic E-state index is 12.3. The van der Waals surface area contributed by atoms with Crippen LogP contribution in [0, 0.1) is 0 Å². The molecule has 3 rings (SSSR count). The first-order valence-corrected chi connectivity index (χ1v) is 5.71. The Balaban J connectivity index is 2.00. The molecule has 0 radical (unpaired) electrons. The Morgan fingerprint density at radius 2 is 2.12 bits per heavy atom. The van der Waals surface area contributed by atoms with E-state index in [0.29, 0.717) is 5.56 Å². The molecule has 2 aromatic rings. The van der Waals surface area contributed by atoms with Gasteiger partial charge in [-0.25, -0.2) is 0 Å². The highest BCUT2D eigenvalue weighted by Gasteiger charge is 2.17. The number of fused-ring (bicyclic) bond motifs is 1. The first-order chi connectivity index (χ1) is 8.36. The number of rotatable bonds is 1. The number of carbonyl (C=O) groups is 1. The van der Waals surface area contributed by atoms with Gasteiger partial charge in [0.1, 0.15) is 0 Å². The van der Waals surface area contributed by atoms with Gasteiger partial charge in [-0.1, -0.05) is 0 Å². The van der Waals surface area contributed by atoms with E-state index in [1.165, 1.54) is 5.56 Å². The highest BCUT2D eigenvalue weighted by molar-refractivity contribution is 5.96. The van der Waals surface area contributed by atoms with Gasteiger partial charge in [-0.15, -0.1) is 0 Å². The third-order valence-electron chi connectivity index (χ3n) is 3.09. The molecule has 0 atom stereocenters. The summed E-state index contributed by atoms with van der Waals surface area (Å²) in [5.74, 6) is 0.0237. The molecule has 0 aliphatic carbocycles. The summed E-state index contributed by atoms with van der Waals surface area (Å²) in [6, 6.07) is 5.51. The number of hydrogen-bond acceptors (Lipinski definition) is 3. The van der Waals surface area contributed by atoms with Crippen LogP contribution in [0.5, 0.6) is 0 Å². The molecule has 0 spiro atoms. The zero-order valence-corrected chi connectivity index (χ0v) is 9.39. The van der Waals surface area contributed by atoms with Crippen molar-refractivity contribution in [3.05, 3.63) is 53.6 Å². The van der Waals surface area contributed by atoms with E-state index >= 15 is 0 Å². The fourth-order valence-electron chi connectivity index (χ4n) is 2.20. The van der Waals surface area contributed by atoms with E-state index in [0.717, 1.165) is 25.2 Å². The number of aromatic nitrogens is 2. The fraction of sp³-hybridized carbons (Fsp3) is 0.231. The van der Waals surface area contributed by atoms with Gasteiger partial charge in [0.05, 0.1) is 0 Å². The summed E-state index contributed by atoms with van der Waals surface area (Å²) in [7, 11) is 0. The number of nitrogens with one attached hydrogen (secondary N) is 1. The van der Waals surface area contributed by atoms with Gasteiger partial charge in [-0.05, 0) is 23.8 Å². The first-order valence-electron chi connectivity index (χ1n) is 5.71. The molecule has 0 aromatic carbocycles. The van der Waals surface area contributed by atoms with Gasteiger partial charge >= 0.3 is 0 Å². The molecule has 0 bridgehead atoms. The largest absolute Gasteiger partial charge is 0.312 e. The zero-order chi connectivity index (χ0) is 11.7. The van der Waals surface area contributed by atoms with Gasteiger partial charge in [-0.3, -0.25) is 14.3 Å². The van der Waals surface area contributed by atoms with Crippen molar-refractivity contribution in [1.29, 1.82) is 0 Å². The molecule has 0 saturated carbocycles. The lowest BCUT2D eigenvalue weighted by Gasteiger charge is -2.15. The summed E-state index contributed by atoms with van der Waals surface area (Å²) >= 11 is 0. The molecule has 0 amide bonds. The fourth-order valence-corrected chi connectivity index (χ4v) is 2.20. The van der Waals surface area contributed by atoms with Crippen LogP contribution in [0.25, 0.3) is 0 Å². The molecular weight excluding hydrogens is 214 g/mol. The van der Waals surface area contributed by atoms with Crippen molar-refractivity contribution in [2.75, 3.05) is 6.54 Å². The van der Waals surface area contributed by atoms with Gasteiger partial charge < -0.3 is 5.32 Å². The van der Waals surface area contributed by atoms with E-state index in [-0.39, 0.29) is 5.91 Å². The van der Waals surface area contributed by atoms with Gasteiger partial charge in [-0.2, -0.15) is 0 Å². The molecule has 17 heavy (non-hydrogen) atoms. The molecule has 3 heterocycles. The molecule has 4 heteroatoms. The maximum absolute atomic E-state index is 12.3. The van der Waals surface area contributed by atoms with E-state index in [1.54, 1.807) is 29.1 Å². The SMILES string of the molecule is O=C(c1ccncc1)n1ccc2c1CCNC2. The minimum absolute atomic E-state index is 0.0237. The molecule has 0 fully saturated rings. The summed E-state index contributed by atoms with van der Waals surface area (Å²) in [4.78, 5) is 16.2. The molecule has 1 N–H and O–H groups in total. The molecule has 0 saturated heterocycles. The summed E-state index contributed by atoms with van der Waals surface area (Å²) in [5, 5.41) is 3.30. The molecule has 2 aromatic heterocycles.